The van der Waals surface area contributed by atoms with Gasteiger partial charge in [-0.15, -0.1) is 23.7 Å². The number of amides is 1. The van der Waals surface area contributed by atoms with Crippen LogP contribution in [0.3, 0.4) is 0 Å². The van der Waals surface area contributed by atoms with E-state index in [1.807, 2.05) is 4.90 Å². The predicted octanol–water partition coefficient (Wildman–Crippen LogP) is 2.86. The lowest BCUT2D eigenvalue weighted by molar-refractivity contribution is 0.0776. The molecule has 112 valence electrons. The van der Waals surface area contributed by atoms with Crippen LogP contribution in [0.15, 0.2) is 5.38 Å². The van der Waals surface area contributed by atoms with Crippen LogP contribution in [0.25, 0.3) is 0 Å². The smallest absolute Gasteiger partial charge is 0.255 e. The van der Waals surface area contributed by atoms with Gasteiger partial charge < -0.3 is 10.6 Å². The number of aryl methyl sites for hydroxylation is 1. The summed E-state index contributed by atoms with van der Waals surface area (Å²) in [4.78, 5) is 16.1. The van der Waals surface area contributed by atoms with Gasteiger partial charge >= 0.3 is 0 Å². The quantitative estimate of drug-likeness (QED) is 0.912. The highest BCUT2D eigenvalue weighted by Gasteiger charge is 2.36. The van der Waals surface area contributed by atoms with Crippen molar-refractivity contribution in [1.82, 2.24) is 4.90 Å². The minimum absolute atomic E-state index is 0. The summed E-state index contributed by atoms with van der Waals surface area (Å²) >= 11 is 1.77. The van der Waals surface area contributed by atoms with Crippen molar-refractivity contribution in [2.24, 2.45) is 11.1 Å². The van der Waals surface area contributed by atoms with Crippen molar-refractivity contribution in [2.75, 3.05) is 19.6 Å². The fourth-order valence-electron chi connectivity index (χ4n) is 3.21. The SMILES string of the molecule is CC1(CN)CCN(C(=O)c2csc3c2CCCC3)C1.Cl. The van der Waals surface area contributed by atoms with Crippen molar-refractivity contribution in [1.29, 1.82) is 0 Å². The van der Waals surface area contributed by atoms with E-state index in [4.69, 9.17) is 5.73 Å². The zero-order valence-corrected chi connectivity index (χ0v) is 13.6. The number of halogens is 1. The summed E-state index contributed by atoms with van der Waals surface area (Å²) in [7, 11) is 0. The predicted molar refractivity (Wildman–Crippen MR) is 85.9 cm³/mol. The summed E-state index contributed by atoms with van der Waals surface area (Å²) in [5, 5.41) is 2.08. The van der Waals surface area contributed by atoms with Crippen LogP contribution in [0.1, 0.15) is 47.0 Å². The molecular weight excluding hydrogens is 292 g/mol. The third-order valence-electron chi connectivity index (χ3n) is 4.63. The fourth-order valence-corrected chi connectivity index (χ4v) is 4.33. The first-order valence-electron chi connectivity index (χ1n) is 7.21. The Balaban J connectivity index is 0.00000147. The molecule has 2 N–H and O–H groups in total. The third kappa shape index (κ3) is 2.74. The number of nitrogens with two attached hydrogens (primary N) is 1. The molecule has 1 unspecified atom stereocenters. The first-order chi connectivity index (χ1) is 9.13. The number of fused-ring (bicyclic) bond motifs is 1. The highest BCUT2D eigenvalue weighted by atomic mass is 35.5. The summed E-state index contributed by atoms with van der Waals surface area (Å²) < 4.78 is 0. The molecule has 1 aliphatic carbocycles. The second kappa shape index (κ2) is 6.04. The normalized spacial score (nSPS) is 25.2. The molecule has 2 aliphatic rings. The lowest BCUT2D eigenvalue weighted by atomic mass is 9.90. The Labute approximate surface area is 130 Å². The van der Waals surface area contributed by atoms with Gasteiger partial charge in [-0.25, -0.2) is 0 Å². The van der Waals surface area contributed by atoms with E-state index in [1.54, 1.807) is 11.3 Å². The molecule has 20 heavy (non-hydrogen) atoms. The van der Waals surface area contributed by atoms with E-state index in [0.717, 1.165) is 37.9 Å². The molecule has 5 heteroatoms. The maximum absolute atomic E-state index is 12.7. The number of hydrogen-bond acceptors (Lipinski definition) is 3. The number of rotatable bonds is 2. The fraction of sp³-hybridized carbons (Fsp3) is 0.667. The minimum atomic E-state index is 0. The van der Waals surface area contributed by atoms with Gasteiger partial charge in [-0.3, -0.25) is 4.79 Å². The molecule has 1 fully saturated rings. The highest BCUT2D eigenvalue weighted by molar-refractivity contribution is 7.10. The zero-order valence-electron chi connectivity index (χ0n) is 12.0. The van der Waals surface area contributed by atoms with Crippen LogP contribution in [0.4, 0.5) is 0 Å². The Kier molecular flexibility index (Phi) is 4.77. The summed E-state index contributed by atoms with van der Waals surface area (Å²) in [5.41, 5.74) is 8.25. The molecule has 0 saturated carbocycles. The molecule has 1 amide bonds. The monoisotopic (exact) mass is 314 g/mol. The molecule has 1 aliphatic heterocycles. The lowest BCUT2D eigenvalue weighted by Gasteiger charge is -2.23. The van der Waals surface area contributed by atoms with E-state index in [0.29, 0.717) is 6.54 Å². The molecule has 0 aromatic carbocycles. The molecule has 0 spiro atoms. The molecule has 1 aromatic heterocycles. The average Bonchev–Trinajstić information content (AvgIpc) is 3.03. The second-order valence-corrected chi connectivity index (χ2v) is 7.21. The van der Waals surface area contributed by atoms with Crippen LogP contribution in [-0.4, -0.2) is 30.4 Å². The van der Waals surface area contributed by atoms with Gasteiger partial charge in [-0.2, -0.15) is 0 Å². The highest BCUT2D eigenvalue weighted by Crippen LogP contribution is 2.34. The Morgan fingerprint density at radius 3 is 2.90 bits per heavy atom. The van der Waals surface area contributed by atoms with Crippen LogP contribution in [0.5, 0.6) is 0 Å². The van der Waals surface area contributed by atoms with E-state index in [1.165, 1.54) is 23.3 Å². The number of hydrogen-bond donors (Lipinski definition) is 1. The van der Waals surface area contributed by atoms with Gasteiger partial charge in [-0.1, -0.05) is 6.92 Å². The second-order valence-electron chi connectivity index (χ2n) is 6.25. The van der Waals surface area contributed by atoms with Gasteiger partial charge in [0.1, 0.15) is 0 Å². The molecule has 1 atom stereocenters. The van der Waals surface area contributed by atoms with Crippen LogP contribution in [0.2, 0.25) is 0 Å². The number of nitrogens with zero attached hydrogens (tertiary/aromatic N) is 1. The standard InChI is InChI=1S/C15H22N2OS.ClH/c1-15(9-16)6-7-17(10-15)14(18)12-8-19-13-5-3-2-4-11(12)13;/h8H,2-7,9-10,16H2,1H3;1H. The van der Waals surface area contributed by atoms with Gasteiger partial charge in [0.25, 0.3) is 5.91 Å². The topological polar surface area (TPSA) is 46.3 Å². The van der Waals surface area contributed by atoms with Gasteiger partial charge in [0.05, 0.1) is 5.56 Å². The molecular formula is C15H23ClN2OS. The van der Waals surface area contributed by atoms with Crippen molar-refractivity contribution < 1.29 is 4.79 Å². The Morgan fingerprint density at radius 1 is 1.45 bits per heavy atom. The van der Waals surface area contributed by atoms with Crippen LogP contribution >= 0.6 is 23.7 Å². The van der Waals surface area contributed by atoms with Crippen molar-refractivity contribution in [3.05, 3.63) is 21.4 Å². The first kappa shape index (κ1) is 15.8. The minimum Gasteiger partial charge on any atom is -0.338 e. The number of thiophene rings is 1. The zero-order chi connectivity index (χ0) is 13.5. The molecule has 0 radical (unpaired) electrons. The maximum Gasteiger partial charge on any atom is 0.255 e. The summed E-state index contributed by atoms with van der Waals surface area (Å²) in [5.74, 6) is 0.233. The number of carbonyl (C=O) groups excluding carboxylic acids is 1. The van der Waals surface area contributed by atoms with E-state index < -0.39 is 0 Å². The molecule has 0 bridgehead atoms. The van der Waals surface area contributed by atoms with Gasteiger partial charge in [0, 0.05) is 23.3 Å². The average molecular weight is 315 g/mol. The third-order valence-corrected chi connectivity index (χ3v) is 5.72. The van der Waals surface area contributed by atoms with Gasteiger partial charge in [0.2, 0.25) is 0 Å². The molecule has 2 heterocycles. The first-order valence-corrected chi connectivity index (χ1v) is 8.09. The van der Waals surface area contributed by atoms with Crippen LogP contribution in [-0.2, 0) is 12.8 Å². The van der Waals surface area contributed by atoms with E-state index in [9.17, 15) is 4.79 Å². The van der Waals surface area contributed by atoms with Gasteiger partial charge in [-0.05, 0) is 49.6 Å². The Bertz CT molecular complexity index is 502. The van der Waals surface area contributed by atoms with Crippen molar-refractivity contribution in [2.45, 2.75) is 39.0 Å². The van der Waals surface area contributed by atoms with Crippen LogP contribution < -0.4 is 5.73 Å². The van der Waals surface area contributed by atoms with E-state index in [2.05, 4.69) is 12.3 Å². The van der Waals surface area contributed by atoms with Crippen LogP contribution in [0, 0.1) is 5.41 Å². The summed E-state index contributed by atoms with van der Waals surface area (Å²) in [6.45, 7) is 4.52. The Morgan fingerprint density at radius 2 is 2.20 bits per heavy atom. The molecule has 1 aromatic rings. The lowest BCUT2D eigenvalue weighted by Crippen LogP contribution is -2.34. The van der Waals surface area contributed by atoms with Gasteiger partial charge in [0.15, 0.2) is 0 Å². The summed E-state index contributed by atoms with van der Waals surface area (Å²) in [6.07, 6.45) is 5.78. The molecule has 3 nitrogen and oxygen atoms in total. The summed E-state index contributed by atoms with van der Waals surface area (Å²) in [6, 6.07) is 0. The number of carbonyl (C=O) groups is 1. The maximum atomic E-state index is 12.7. The molecule has 1 saturated heterocycles. The van der Waals surface area contributed by atoms with E-state index >= 15 is 0 Å². The van der Waals surface area contributed by atoms with Crippen molar-refractivity contribution in [3.63, 3.8) is 0 Å². The largest absolute Gasteiger partial charge is 0.338 e. The van der Waals surface area contributed by atoms with E-state index in [-0.39, 0.29) is 23.7 Å². The number of likely N-dealkylation sites (tertiary alicyclic amines) is 1. The Hall–Kier alpha value is -0.580. The van der Waals surface area contributed by atoms with Crippen molar-refractivity contribution >= 4 is 29.7 Å². The van der Waals surface area contributed by atoms with Crippen molar-refractivity contribution in [3.8, 4) is 0 Å². The molecule has 3 rings (SSSR count).